The van der Waals surface area contributed by atoms with Crippen LogP contribution < -0.4 is 10.9 Å². The number of carbonyl (C=O) groups excluding carboxylic acids is 1. The Hall–Kier alpha value is -3.95. The topological polar surface area (TPSA) is 108 Å². The van der Waals surface area contributed by atoms with Crippen molar-refractivity contribution in [1.82, 2.24) is 34.6 Å². The summed E-state index contributed by atoms with van der Waals surface area (Å²) in [5.41, 5.74) is 0.797. The van der Waals surface area contributed by atoms with Crippen molar-refractivity contribution in [2.45, 2.75) is 57.7 Å². The SMILES string of the molecule is CC(C)n1ncc2cnc(C(=O)NC3(c4ccc(-c5cncn(CC6CC6)c5=O)cc4F)CC3)nc21. The quantitative estimate of drug-likeness (QED) is 0.427. The Balaban J connectivity index is 1.26. The monoisotopic (exact) mass is 487 g/mol. The Morgan fingerprint density at radius 1 is 1.22 bits per heavy atom. The standard InChI is InChI=1S/C26H26FN7O2/c1-15(2)34-23-18(11-30-34)10-29-22(31-23)24(35)32-26(7-8-26)20-6-5-17(9-21(20)27)19-12-28-14-33(25(19)36)13-16-3-4-16/h5-6,9-12,14-16H,3-4,7-8,13H2,1-2H3,(H,32,35). The van der Waals surface area contributed by atoms with E-state index in [4.69, 9.17) is 0 Å². The highest BCUT2D eigenvalue weighted by Gasteiger charge is 2.48. The van der Waals surface area contributed by atoms with E-state index in [9.17, 15) is 9.59 Å². The number of nitrogens with one attached hydrogen (secondary N) is 1. The van der Waals surface area contributed by atoms with Crippen molar-refractivity contribution in [2.75, 3.05) is 0 Å². The fraction of sp³-hybridized carbons (Fsp3) is 0.385. The molecule has 4 aromatic rings. The molecule has 0 unspecified atom stereocenters. The molecule has 2 saturated carbocycles. The van der Waals surface area contributed by atoms with Gasteiger partial charge < -0.3 is 5.32 Å². The minimum Gasteiger partial charge on any atom is -0.340 e. The molecule has 3 heterocycles. The molecule has 10 heteroatoms. The molecule has 0 radical (unpaired) electrons. The van der Waals surface area contributed by atoms with E-state index < -0.39 is 17.3 Å². The zero-order chi connectivity index (χ0) is 25.0. The fourth-order valence-electron chi connectivity index (χ4n) is 4.61. The highest BCUT2D eigenvalue weighted by Crippen LogP contribution is 2.47. The van der Waals surface area contributed by atoms with E-state index in [0.717, 1.165) is 18.2 Å². The van der Waals surface area contributed by atoms with Crippen LogP contribution in [0.4, 0.5) is 4.39 Å². The van der Waals surface area contributed by atoms with E-state index in [-0.39, 0.29) is 17.4 Å². The minimum absolute atomic E-state index is 0.0137. The van der Waals surface area contributed by atoms with Crippen LogP contribution in [0.2, 0.25) is 0 Å². The number of aromatic nitrogens is 6. The summed E-state index contributed by atoms with van der Waals surface area (Å²) in [6.45, 7) is 4.60. The molecule has 2 aliphatic rings. The molecule has 0 atom stereocenters. The molecule has 2 fully saturated rings. The molecule has 0 bridgehead atoms. The average Bonchev–Trinajstić information content (AvgIpc) is 3.78. The van der Waals surface area contributed by atoms with E-state index in [1.165, 1.54) is 18.6 Å². The molecular formula is C26H26FN7O2. The number of nitrogens with zero attached hydrogens (tertiary/aromatic N) is 6. The third-order valence-corrected chi connectivity index (χ3v) is 6.98. The number of carbonyl (C=O) groups is 1. The van der Waals surface area contributed by atoms with Gasteiger partial charge in [0.2, 0.25) is 5.82 Å². The zero-order valence-electron chi connectivity index (χ0n) is 20.1. The van der Waals surface area contributed by atoms with Crippen LogP contribution in [0.5, 0.6) is 0 Å². The summed E-state index contributed by atoms with van der Waals surface area (Å²) in [5.74, 6) is -0.409. The highest BCUT2D eigenvalue weighted by atomic mass is 19.1. The Morgan fingerprint density at radius 3 is 2.72 bits per heavy atom. The van der Waals surface area contributed by atoms with E-state index in [2.05, 4.69) is 25.4 Å². The van der Waals surface area contributed by atoms with Crippen molar-refractivity contribution in [3.8, 4) is 11.1 Å². The first-order chi connectivity index (χ1) is 17.3. The van der Waals surface area contributed by atoms with E-state index in [0.29, 0.717) is 47.6 Å². The van der Waals surface area contributed by atoms with Crippen LogP contribution in [0.1, 0.15) is 61.8 Å². The van der Waals surface area contributed by atoms with Gasteiger partial charge in [-0.05, 0) is 57.1 Å². The number of hydrogen-bond acceptors (Lipinski definition) is 6. The molecule has 1 N–H and O–H groups in total. The molecule has 0 aliphatic heterocycles. The Labute approximate surface area is 206 Å². The predicted molar refractivity (Wildman–Crippen MR) is 131 cm³/mol. The number of halogens is 1. The normalized spacial score (nSPS) is 16.4. The number of benzene rings is 1. The molecule has 0 saturated heterocycles. The summed E-state index contributed by atoms with van der Waals surface area (Å²) in [4.78, 5) is 38.8. The third kappa shape index (κ3) is 3.96. The molecule has 0 spiro atoms. The van der Waals surface area contributed by atoms with E-state index in [1.54, 1.807) is 33.8 Å². The summed E-state index contributed by atoms with van der Waals surface area (Å²) in [5, 5.41) is 8.00. The molecule has 1 aromatic carbocycles. The summed E-state index contributed by atoms with van der Waals surface area (Å²) >= 11 is 0. The van der Waals surface area contributed by atoms with Crippen LogP contribution in [0, 0.1) is 11.7 Å². The molecule has 6 rings (SSSR count). The highest BCUT2D eigenvalue weighted by molar-refractivity contribution is 5.93. The lowest BCUT2D eigenvalue weighted by Gasteiger charge is -2.19. The van der Waals surface area contributed by atoms with Crippen LogP contribution >= 0.6 is 0 Å². The van der Waals surface area contributed by atoms with Gasteiger partial charge in [0.15, 0.2) is 5.65 Å². The lowest BCUT2D eigenvalue weighted by molar-refractivity contribution is 0.0919. The lowest BCUT2D eigenvalue weighted by Crippen LogP contribution is -2.36. The predicted octanol–water partition coefficient (Wildman–Crippen LogP) is 3.60. The third-order valence-electron chi connectivity index (χ3n) is 6.98. The maximum absolute atomic E-state index is 15.4. The van der Waals surface area contributed by atoms with Crippen molar-refractivity contribution in [3.05, 3.63) is 70.7 Å². The van der Waals surface area contributed by atoms with Crippen molar-refractivity contribution in [2.24, 2.45) is 5.92 Å². The molecule has 2 aliphatic carbocycles. The maximum Gasteiger partial charge on any atom is 0.289 e. The van der Waals surface area contributed by atoms with Crippen LogP contribution in [0.25, 0.3) is 22.2 Å². The average molecular weight is 488 g/mol. The number of fused-ring (bicyclic) bond motifs is 1. The summed E-state index contributed by atoms with van der Waals surface area (Å²) in [6, 6.07) is 4.79. The maximum atomic E-state index is 15.4. The zero-order valence-corrected chi connectivity index (χ0v) is 20.1. The van der Waals surface area contributed by atoms with Gasteiger partial charge in [-0.1, -0.05) is 12.1 Å². The van der Waals surface area contributed by atoms with Gasteiger partial charge in [0.25, 0.3) is 11.5 Å². The lowest BCUT2D eigenvalue weighted by atomic mass is 9.99. The minimum atomic E-state index is -0.822. The Bertz CT molecular complexity index is 1550. The van der Waals surface area contributed by atoms with Gasteiger partial charge in [-0.3, -0.25) is 14.2 Å². The molecule has 9 nitrogen and oxygen atoms in total. The van der Waals surface area contributed by atoms with Gasteiger partial charge >= 0.3 is 0 Å². The molecule has 36 heavy (non-hydrogen) atoms. The van der Waals surface area contributed by atoms with E-state index in [1.807, 2.05) is 13.8 Å². The van der Waals surface area contributed by atoms with Gasteiger partial charge in [0.1, 0.15) is 5.82 Å². The Morgan fingerprint density at radius 2 is 2.03 bits per heavy atom. The summed E-state index contributed by atoms with van der Waals surface area (Å²) in [7, 11) is 0. The fourth-order valence-corrected chi connectivity index (χ4v) is 4.61. The van der Waals surface area contributed by atoms with Gasteiger partial charge in [-0.15, -0.1) is 0 Å². The van der Waals surface area contributed by atoms with Crippen molar-refractivity contribution in [1.29, 1.82) is 0 Å². The summed E-state index contributed by atoms with van der Waals surface area (Å²) < 4.78 is 18.7. The Kier molecular flexibility index (Phi) is 5.20. The molecular weight excluding hydrogens is 461 g/mol. The van der Waals surface area contributed by atoms with Crippen molar-refractivity contribution >= 4 is 16.9 Å². The van der Waals surface area contributed by atoms with Crippen LogP contribution in [-0.4, -0.2) is 35.2 Å². The number of rotatable bonds is 7. The number of amides is 1. The first kappa shape index (κ1) is 22.5. The second-order valence-corrected chi connectivity index (χ2v) is 10.1. The van der Waals surface area contributed by atoms with Crippen molar-refractivity contribution in [3.63, 3.8) is 0 Å². The van der Waals surface area contributed by atoms with Crippen LogP contribution in [0.15, 0.2) is 47.9 Å². The largest absolute Gasteiger partial charge is 0.340 e. The van der Waals surface area contributed by atoms with Crippen LogP contribution in [-0.2, 0) is 12.1 Å². The first-order valence-corrected chi connectivity index (χ1v) is 12.2. The molecule has 3 aromatic heterocycles. The van der Waals surface area contributed by atoms with Crippen LogP contribution in [0.3, 0.4) is 0 Å². The van der Waals surface area contributed by atoms with Gasteiger partial charge in [-0.25, -0.2) is 24.0 Å². The first-order valence-electron chi connectivity index (χ1n) is 12.2. The molecule has 1 amide bonds. The molecule has 184 valence electrons. The second kappa shape index (κ2) is 8.32. The summed E-state index contributed by atoms with van der Waals surface area (Å²) in [6.07, 6.45) is 9.69. The second-order valence-electron chi connectivity index (χ2n) is 10.1. The van der Waals surface area contributed by atoms with Gasteiger partial charge in [-0.2, -0.15) is 5.10 Å². The van der Waals surface area contributed by atoms with Gasteiger partial charge in [0, 0.05) is 30.5 Å². The van der Waals surface area contributed by atoms with Crippen molar-refractivity contribution < 1.29 is 9.18 Å². The van der Waals surface area contributed by atoms with E-state index >= 15 is 4.39 Å². The smallest absolute Gasteiger partial charge is 0.289 e. The van der Waals surface area contributed by atoms with Gasteiger partial charge in [0.05, 0.1) is 29.0 Å². The number of hydrogen-bond donors (Lipinski definition) is 1.